The lowest BCUT2D eigenvalue weighted by atomic mass is 9.75. The molecule has 0 fully saturated rings. The predicted molar refractivity (Wildman–Crippen MR) is 138 cm³/mol. The average molecular weight is 604 g/mol. The summed E-state index contributed by atoms with van der Waals surface area (Å²) in [7, 11) is -1.96. The van der Waals surface area contributed by atoms with E-state index in [1.54, 1.807) is 0 Å². The first-order valence-electron chi connectivity index (χ1n) is 12.2. The molecule has 43 heavy (non-hydrogen) atoms. The molecule has 6 aromatic carbocycles. The first-order chi connectivity index (χ1) is 20.5. The highest BCUT2D eigenvalue weighted by molar-refractivity contribution is 6.66. The number of rotatable bonds is 5. The van der Waals surface area contributed by atoms with Crippen molar-refractivity contribution in [2.45, 2.75) is 0 Å². The van der Waals surface area contributed by atoms with E-state index in [0.29, 0.717) is 24.3 Å². The molecule has 2 nitrogen and oxygen atoms in total. The molecule has 0 aromatic heterocycles. The third-order valence-electron chi connectivity index (χ3n) is 6.80. The van der Waals surface area contributed by atoms with Crippen LogP contribution in [0.15, 0.2) is 66.7 Å². The van der Waals surface area contributed by atoms with Gasteiger partial charge in [-0.2, -0.15) is 0 Å². The van der Waals surface area contributed by atoms with Gasteiger partial charge in [0.05, 0.1) is 16.2 Å². The second-order valence-corrected chi connectivity index (χ2v) is 9.27. The Bertz CT molecular complexity index is 2020. The lowest BCUT2D eigenvalue weighted by molar-refractivity contribution is 0.442. The minimum atomic E-state index is -1.98. The molecular weight excluding hydrogens is 593 g/mol. The Morgan fingerprint density at radius 3 is 1.28 bits per heavy atom. The number of benzene rings is 6. The fraction of sp³-hybridized carbons (Fsp3) is 0. The van der Waals surface area contributed by atoms with Crippen LogP contribution in [-0.2, 0) is 0 Å². The minimum absolute atomic E-state index is 0.334. The summed E-state index contributed by atoms with van der Waals surface area (Å²) >= 11 is 0. The van der Waals surface area contributed by atoms with Gasteiger partial charge in [-0.15, -0.1) is 0 Å². The summed E-state index contributed by atoms with van der Waals surface area (Å²) in [5.74, 6) is -15.9. The predicted octanol–water partition coefficient (Wildman–Crippen LogP) is 8.39. The smallest absolute Gasteiger partial charge is 0.521 e. The van der Waals surface area contributed by atoms with Crippen molar-refractivity contribution in [3.63, 3.8) is 0 Å². The molecule has 0 unspecified atom stereocenters. The molecule has 0 radical (unpaired) electrons. The molecular formula is C30H11BF10O2. The van der Waals surface area contributed by atoms with Gasteiger partial charge in [-0.05, 0) is 66.0 Å². The van der Waals surface area contributed by atoms with Crippen LogP contribution in [0.2, 0.25) is 0 Å². The molecule has 0 amide bonds. The molecule has 0 N–H and O–H groups in total. The van der Waals surface area contributed by atoms with Crippen molar-refractivity contribution in [2.24, 2.45) is 0 Å². The van der Waals surface area contributed by atoms with Crippen LogP contribution < -0.4 is 14.8 Å². The Morgan fingerprint density at radius 2 is 0.791 bits per heavy atom. The third kappa shape index (κ3) is 4.55. The highest BCUT2D eigenvalue weighted by Gasteiger charge is 2.33. The fourth-order valence-corrected chi connectivity index (χ4v) is 4.81. The standard InChI is InChI=1S/C30H11BF10O2/c32-16-6-3-15(14-11-21(37)29(40)30(41)26(14)16)31(42-22-9-7-17(33)24-12(22)1-4-19(35)27(24)38)43-23-10-8-18(34)25-13(23)2-5-20(36)28(25)39/h1-11H. The number of hydrogen-bond donors (Lipinski definition) is 0. The van der Waals surface area contributed by atoms with Crippen molar-refractivity contribution < 1.29 is 53.2 Å². The lowest BCUT2D eigenvalue weighted by Gasteiger charge is -2.21. The van der Waals surface area contributed by atoms with Crippen LogP contribution >= 0.6 is 0 Å². The van der Waals surface area contributed by atoms with E-state index in [9.17, 15) is 43.9 Å². The fourth-order valence-electron chi connectivity index (χ4n) is 4.81. The lowest BCUT2D eigenvalue weighted by Crippen LogP contribution is -2.43. The molecule has 0 spiro atoms. The van der Waals surface area contributed by atoms with Crippen LogP contribution in [0, 0.1) is 58.2 Å². The Hall–Kier alpha value is -4.94. The van der Waals surface area contributed by atoms with Gasteiger partial charge >= 0.3 is 7.12 Å². The highest BCUT2D eigenvalue weighted by Crippen LogP contribution is 2.35. The zero-order valence-electron chi connectivity index (χ0n) is 21.0. The van der Waals surface area contributed by atoms with Crippen LogP contribution in [0.25, 0.3) is 32.3 Å². The molecule has 0 aliphatic rings. The van der Waals surface area contributed by atoms with Crippen LogP contribution in [0.1, 0.15) is 0 Å². The van der Waals surface area contributed by atoms with E-state index in [1.165, 1.54) is 0 Å². The van der Waals surface area contributed by atoms with Crippen molar-refractivity contribution in [3.05, 3.63) is 125 Å². The number of fused-ring (bicyclic) bond motifs is 3. The summed E-state index contributed by atoms with van der Waals surface area (Å²) in [5.41, 5.74) is -0.380. The van der Waals surface area contributed by atoms with E-state index >= 15 is 0 Å². The van der Waals surface area contributed by atoms with E-state index < -0.39 is 86.8 Å². The molecule has 0 aliphatic carbocycles. The third-order valence-corrected chi connectivity index (χ3v) is 6.80. The normalized spacial score (nSPS) is 11.5. The van der Waals surface area contributed by atoms with Gasteiger partial charge in [0, 0.05) is 16.2 Å². The van der Waals surface area contributed by atoms with Gasteiger partial charge in [-0.1, -0.05) is 6.07 Å². The Labute approximate surface area is 234 Å². The van der Waals surface area contributed by atoms with Crippen molar-refractivity contribution in [3.8, 4) is 11.5 Å². The van der Waals surface area contributed by atoms with Gasteiger partial charge < -0.3 is 9.31 Å². The van der Waals surface area contributed by atoms with E-state index in [4.69, 9.17) is 9.31 Å². The molecule has 216 valence electrons. The molecule has 0 saturated carbocycles. The number of halogens is 10. The zero-order chi connectivity index (χ0) is 30.7. The molecule has 6 rings (SSSR count). The van der Waals surface area contributed by atoms with Crippen molar-refractivity contribution >= 4 is 44.9 Å². The van der Waals surface area contributed by atoms with Gasteiger partial charge in [0.1, 0.15) is 29.0 Å². The summed E-state index contributed by atoms with van der Waals surface area (Å²) in [6.07, 6.45) is 0. The minimum Gasteiger partial charge on any atom is -0.521 e. The monoisotopic (exact) mass is 604 g/mol. The maximum atomic E-state index is 14.7. The first-order valence-corrected chi connectivity index (χ1v) is 12.2. The summed E-state index contributed by atoms with van der Waals surface area (Å²) in [6.45, 7) is 0. The summed E-state index contributed by atoms with van der Waals surface area (Å²) < 4.78 is 155. The van der Waals surface area contributed by atoms with E-state index in [0.717, 1.165) is 42.5 Å². The SMILES string of the molecule is Fc1cc2c(B(Oc3ccc(F)c4c(F)c(F)ccc34)Oc3ccc(F)c4c(F)c(F)ccc34)ccc(F)c2c(F)c1F. The van der Waals surface area contributed by atoms with Crippen molar-refractivity contribution in [1.82, 2.24) is 0 Å². The van der Waals surface area contributed by atoms with Gasteiger partial charge in [0.2, 0.25) is 0 Å². The Morgan fingerprint density at radius 1 is 0.372 bits per heavy atom. The molecule has 6 aromatic rings. The number of hydrogen-bond acceptors (Lipinski definition) is 2. The molecule has 0 saturated heterocycles. The quantitative estimate of drug-likeness (QED) is 0.112. The maximum Gasteiger partial charge on any atom is 0.633 e. The van der Waals surface area contributed by atoms with E-state index in [2.05, 4.69) is 0 Å². The molecule has 13 heteroatoms. The zero-order valence-corrected chi connectivity index (χ0v) is 21.0. The largest absolute Gasteiger partial charge is 0.633 e. The Kier molecular flexibility index (Phi) is 6.82. The maximum absolute atomic E-state index is 14.7. The van der Waals surface area contributed by atoms with Crippen molar-refractivity contribution in [2.75, 3.05) is 0 Å². The molecule has 0 bridgehead atoms. The first kappa shape index (κ1) is 28.2. The Balaban J connectivity index is 1.61. The van der Waals surface area contributed by atoms with Crippen molar-refractivity contribution in [1.29, 1.82) is 0 Å². The van der Waals surface area contributed by atoms with Crippen LogP contribution in [0.4, 0.5) is 43.9 Å². The van der Waals surface area contributed by atoms with Gasteiger partial charge in [-0.3, -0.25) is 0 Å². The van der Waals surface area contributed by atoms with Gasteiger partial charge in [-0.25, -0.2) is 43.9 Å². The molecule has 0 aliphatic heterocycles. The van der Waals surface area contributed by atoms with E-state index in [-0.39, 0.29) is 27.7 Å². The van der Waals surface area contributed by atoms with Crippen LogP contribution in [0.3, 0.4) is 0 Å². The summed E-state index contributed by atoms with van der Waals surface area (Å²) in [6, 6.07) is 8.74. The van der Waals surface area contributed by atoms with Crippen LogP contribution in [-0.4, -0.2) is 7.12 Å². The second kappa shape index (κ2) is 10.4. The van der Waals surface area contributed by atoms with Gasteiger partial charge in [0.15, 0.2) is 40.7 Å². The average Bonchev–Trinajstić information content (AvgIpc) is 2.97. The summed E-state index contributed by atoms with van der Waals surface area (Å²) in [4.78, 5) is 0. The highest BCUT2D eigenvalue weighted by atomic mass is 19.2. The van der Waals surface area contributed by atoms with Gasteiger partial charge in [0.25, 0.3) is 0 Å². The topological polar surface area (TPSA) is 18.5 Å². The molecule has 0 atom stereocenters. The summed E-state index contributed by atoms with van der Waals surface area (Å²) in [5, 5.41) is -3.94. The molecule has 0 heterocycles. The second-order valence-electron chi connectivity index (χ2n) is 9.27. The van der Waals surface area contributed by atoms with Crippen LogP contribution in [0.5, 0.6) is 11.5 Å². The van der Waals surface area contributed by atoms with E-state index in [1.807, 2.05) is 0 Å².